The monoisotopic (exact) mass is 220 g/mol. The van der Waals surface area contributed by atoms with Crippen molar-refractivity contribution in [3.8, 4) is 0 Å². The van der Waals surface area contributed by atoms with Crippen molar-refractivity contribution >= 4 is 11.6 Å². The molecule has 3 N–H and O–H groups in total. The first-order chi connectivity index (χ1) is 7.76. The van der Waals surface area contributed by atoms with Crippen LogP contribution in [0.3, 0.4) is 0 Å². The molecule has 88 valence electrons. The summed E-state index contributed by atoms with van der Waals surface area (Å²) in [5.41, 5.74) is 7.41. The van der Waals surface area contributed by atoms with Gasteiger partial charge in [0.05, 0.1) is 0 Å². The third kappa shape index (κ3) is 4.45. The molecule has 1 aromatic rings. The van der Waals surface area contributed by atoms with Gasteiger partial charge in [0, 0.05) is 18.7 Å². The summed E-state index contributed by atoms with van der Waals surface area (Å²) in [5.74, 6) is 0.0858. The summed E-state index contributed by atoms with van der Waals surface area (Å²) in [6.45, 7) is 2.63. The van der Waals surface area contributed by atoms with Gasteiger partial charge in [-0.05, 0) is 24.1 Å². The van der Waals surface area contributed by atoms with Crippen LogP contribution in [-0.4, -0.2) is 5.91 Å². The molecule has 1 aromatic carbocycles. The molecule has 0 fully saturated rings. The summed E-state index contributed by atoms with van der Waals surface area (Å²) in [6, 6.07) is 7.66. The molecule has 3 heteroatoms. The van der Waals surface area contributed by atoms with Crippen molar-refractivity contribution in [3.05, 3.63) is 29.8 Å². The van der Waals surface area contributed by atoms with Gasteiger partial charge in [-0.3, -0.25) is 4.79 Å². The fraction of sp³-hybridized carbons (Fsp3) is 0.462. The van der Waals surface area contributed by atoms with Gasteiger partial charge in [-0.15, -0.1) is 0 Å². The molecule has 0 spiro atoms. The minimum Gasteiger partial charge on any atom is -0.326 e. The third-order valence-corrected chi connectivity index (χ3v) is 2.45. The maximum absolute atomic E-state index is 11.5. The third-order valence-electron chi connectivity index (χ3n) is 2.45. The van der Waals surface area contributed by atoms with Gasteiger partial charge in [0.1, 0.15) is 0 Å². The highest BCUT2D eigenvalue weighted by Gasteiger charge is 2.01. The summed E-state index contributed by atoms with van der Waals surface area (Å²) in [7, 11) is 0. The Morgan fingerprint density at radius 2 is 2.19 bits per heavy atom. The van der Waals surface area contributed by atoms with E-state index in [4.69, 9.17) is 5.73 Å². The zero-order valence-corrected chi connectivity index (χ0v) is 9.83. The number of hydrogen-bond acceptors (Lipinski definition) is 2. The van der Waals surface area contributed by atoms with Crippen LogP contribution in [0.1, 0.15) is 38.2 Å². The highest BCUT2D eigenvalue weighted by molar-refractivity contribution is 5.90. The van der Waals surface area contributed by atoms with Crippen LogP contribution in [0.15, 0.2) is 24.3 Å². The van der Waals surface area contributed by atoms with Crippen molar-refractivity contribution in [3.63, 3.8) is 0 Å². The van der Waals surface area contributed by atoms with Gasteiger partial charge in [0.25, 0.3) is 0 Å². The molecule has 0 aliphatic heterocycles. The molecule has 1 rings (SSSR count). The van der Waals surface area contributed by atoms with E-state index in [0.29, 0.717) is 13.0 Å². The average molecular weight is 220 g/mol. The zero-order chi connectivity index (χ0) is 11.8. The predicted molar refractivity (Wildman–Crippen MR) is 67.1 cm³/mol. The molecule has 16 heavy (non-hydrogen) atoms. The highest BCUT2D eigenvalue weighted by Crippen LogP contribution is 2.11. The highest BCUT2D eigenvalue weighted by atomic mass is 16.1. The van der Waals surface area contributed by atoms with E-state index in [2.05, 4.69) is 12.2 Å². The largest absolute Gasteiger partial charge is 0.326 e. The standard InChI is InChI=1S/C13H20N2O/c1-2-3-4-8-13(16)15-12-7-5-6-11(9-12)10-14/h5-7,9H,2-4,8,10,14H2,1H3,(H,15,16). The molecular formula is C13H20N2O. The Morgan fingerprint density at radius 3 is 2.88 bits per heavy atom. The molecule has 0 unspecified atom stereocenters. The Labute approximate surface area is 97.0 Å². The van der Waals surface area contributed by atoms with E-state index in [9.17, 15) is 4.79 Å². The average Bonchev–Trinajstić information content (AvgIpc) is 2.29. The van der Waals surface area contributed by atoms with Crippen LogP contribution in [0.4, 0.5) is 5.69 Å². The molecule has 0 aliphatic rings. The molecule has 0 saturated heterocycles. The van der Waals surface area contributed by atoms with Crippen molar-refractivity contribution < 1.29 is 4.79 Å². The first-order valence-electron chi connectivity index (χ1n) is 5.85. The van der Waals surface area contributed by atoms with Crippen molar-refractivity contribution in [2.24, 2.45) is 5.73 Å². The van der Waals surface area contributed by atoms with E-state index in [1.54, 1.807) is 0 Å². The van der Waals surface area contributed by atoms with Crippen LogP contribution < -0.4 is 11.1 Å². The molecule has 0 saturated carbocycles. The minimum atomic E-state index is 0.0858. The van der Waals surface area contributed by atoms with Crippen LogP contribution in [0.25, 0.3) is 0 Å². The Kier molecular flexibility index (Phi) is 5.57. The van der Waals surface area contributed by atoms with E-state index in [0.717, 1.165) is 30.5 Å². The molecular weight excluding hydrogens is 200 g/mol. The fourth-order valence-corrected chi connectivity index (χ4v) is 1.54. The molecule has 0 heterocycles. The number of nitrogens with two attached hydrogens (primary N) is 1. The normalized spacial score (nSPS) is 10.1. The van der Waals surface area contributed by atoms with E-state index in [-0.39, 0.29) is 5.91 Å². The topological polar surface area (TPSA) is 55.1 Å². The van der Waals surface area contributed by atoms with E-state index < -0.39 is 0 Å². The number of carbonyl (C=O) groups is 1. The van der Waals surface area contributed by atoms with E-state index in [1.165, 1.54) is 0 Å². The zero-order valence-electron chi connectivity index (χ0n) is 9.83. The number of hydrogen-bond donors (Lipinski definition) is 2. The van der Waals surface area contributed by atoms with Gasteiger partial charge >= 0.3 is 0 Å². The van der Waals surface area contributed by atoms with Crippen molar-refractivity contribution in [2.75, 3.05) is 5.32 Å². The number of unbranched alkanes of at least 4 members (excludes halogenated alkanes) is 2. The first-order valence-corrected chi connectivity index (χ1v) is 5.85. The summed E-state index contributed by atoms with van der Waals surface area (Å²) in [5, 5.41) is 2.88. The summed E-state index contributed by atoms with van der Waals surface area (Å²) in [4.78, 5) is 11.5. The van der Waals surface area contributed by atoms with E-state index in [1.807, 2.05) is 24.3 Å². The van der Waals surface area contributed by atoms with Crippen LogP contribution >= 0.6 is 0 Å². The smallest absolute Gasteiger partial charge is 0.224 e. The van der Waals surface area contributed by atoms with Crippen molar-refractivity contribution in [1.29, 1.82) is 0 Å². The lowest BCUT2D eigenvalue weighted by atomic mass is 10.2. The second-order valence-electron chi connectivity index (χ2n) is 3.91. The molecule has 0 aromatic heterocycles. The minimum absolute atomic E-state index is 0.0858. The number of benzene rings is 1. The number of anilines is 1. The lowest BCUT2D eigenvalue weighted by Gasteiger charge is -2.06. The lowest BCUT2D eigenvalue weighted by Crippen LogP contribution is -2.11. The molecule has 0 atom stereocenters. The van der Waals surface area contributed by atoms with E-state index >= 15 is 0 Å². The molecule has 1 amide bonds. The summed E-state index contributed by atoms with van der Waals surface area (Å²) in [6.07, 6.45) is 3.80. The number of nitrogens with one attached hydrogen (secondary N) is 1. The van der Waals surface area contributed by atoms with Gasteiger partial charge in [-0.1, -0.05) is 31.9 Å². The fourth-order valence-electron chi connectivity index (χ4n) is 1.54. The van der Waals surface area contributed by atoms with Crippen LogP contribution in [0.2, 0.25) is 0 Å². The number of amides is 1. The molecule has 0 bridgehead atoms. The molecule has 0 aliphatic carbocycles. The Hall–Kier alpha value is -1.35. The first kappa shape index (κ1) is 12.7. The summed E-state index contributed by atoms with van der Waals surface area (Å²) < 4.78 is 0. The Balaban J connectivity index is 2.43. The second-order valence-corrected chi connectivity index (χ2v) is 3.91. The SMILES string of the molecule is CCCCCC(=O)Nc1cccc(CN)c1. The summed E-state index contributed by atoms with van der Waals surface area (Å²) >= 11 is 0. The molecule has 3 nitrogen and oxygen atoms in total. The second kappa shape index (κ2) is 7.01. The van der Waals surface area contributed by atoms with Gasteiger partial charge in [0.15, 0.2) is 0 Å². The van der Waals surface area contributed by atoms with Gasteiger partial charge in [0.2, 0.25) is 5.91 Å². The Bertz CT molecular complexity index is 336. The quantitative estimate of drug-likeness (QED) is 0.724. The van der Waals surface area contributed by atoms with Crippen molar-refractivity contribution in [2.45, 2.75) is 39.2 Å². The lowest BCUT2D eigenvalue weighted by molar-refractivity contribution is -0.116. The van der Waals surface area contributed by atoms with Gasteiger partial charge < -0.3 is 11.1 Å². The maximum atomic E-state index is 11.5. The van der Waals surface area contributed by atoms with Crippen molar-refractivity contribution in [1.82, 2.24) is 0 Å². The van der Waals surface area contributed by atoms with Crippen LogP contribution in [0, 0.1) is 0 Å². The Morgan fingerprint density at radius 1 is 1.38 bits per heavy atom. The predicted octanol–water partition coefficient (Wildman–Crippen LogP) is 2.66. The van der Waals surface area contributed by atoms with Gasteiger partial charge in [-0.25, -0.2) is 0 Å². The van der Waals surface area contributed by atoms with Gasteiger partial charge in [-0.2, -0.15) is 0 Å². The van der Waals surface area contributed by atoms with Crippen LogP contribution in [0.5, 0.6) is 0 Å². The number of rotatable bonds is 6. The van der Waals surface area contributed by atoms with Crippen LogP contribution in [-0.2, 0) is 11.3 Å². The molecule has 0 radical (unpaired) electrons. The number of carbonyl (C=O) groups excluding carboxylic acids is 1. The maximum Gasteiger partial charge on any atom is 0.224 e.